The predicted molar refractivity (Wildman–Crippen MR) is 86.5 cm³/mol. The van der Waals surface area contributed by atoms with Gasteiger partial charge in [0.15, 0.2) is 11.5 Å². The molecule has 1 aliphatic heterocycles. The second kappa shape index (κ2) is 6.27. The van der Waals surface area contributed by atoms with Gasteiger partial charge in [-0.3, -0.25) is 0 Å². The number of hydrogen-bond acceptors (Lipinski definition) is 4. The van der Waals surface area contributed by atoms with Gasteiger partial charge in [-0.2, -0.15) is 0 Å². The summed E-state index contributed by atoms with van der Waals surface area (Å²) in [6, 6.07) is 6.71. The summed E-state index contributed by atoms with van der Waals surface area (Å²) in [5, 5.41) is 5.56. The largest absolute Gasteiger partial charge is 0.493 e. The average molecular weight is 332 g/mol. The van der Waals surface area contributed by atoms with Gasteiger partial charge in [-0.05, 0) is 17.7 Å². The number of carbonyl (C=O) groups is 1. The van der Waals surface area contributed by atoms with Crippen molar-refractivity contribution in [3.63, 3.8) is 0 Å². The SMILES string of the molecule is COc1cc2c(c(OC)c1OC)C(c1ccc(F)cc1)NC(=O)N2. The van der Waals surface area contributed by atoms with Crippen LogP contribution in [-0.2, 0) is 0 Å². The van der Waals surface area contributed by atoms with E-state index in [1.807, 2.05) is 0 Å². The number of fused-ring (bicyclic) bond motifs is 1. The molecule has 24 heavy (non-hydrogen) atoms. The number of carbonyl (C=O) groups excluding carboxylic acids is 1. The summed E-state index contributed by atoms with van der Waals surface area (Å²) < 4.78 is 29.5. The Balaban J connectivity index is 2.23. The van der Waals surface area contributed by atoms with Crippen LogP contribution in [0.2, 0.25) is 0 Å². The molecule has 1 unspecified atom stereocenters. The van der Waals surface area contributed by atoms with Crippen molar-refractivity contribution >= 4 is 11.7 Å². The van der Waals surface area contributed by atoms with Gasteiger partial charge in [-0.1, -0.05) is 12.1 Å². The molecule has 1 aliphatic rings. The van der Waals surface area contributed by atoms with Crippen molar-refractivity contribution < 1.29 is 23.4 Å². The predicted octanol–water partition coefficient (Wildman–Crippen LogP) is 3.08. The lowest BCUT2D eigenvalue weighted by Crippen LogP contribution is -2.38. The summed E-state index contributed by atoms with van der Waals surface area (Å²) >= 11 is 0. The van der Waals surface area contributed by atoms with Gasteiger partial charge in [-0.25, -0.2) is 9.18 Å². The third-order valence-corrected chi connectivity index (χ3v) is 3.88. The monoisotopic (exact) mass is 332 g/mol. The lowest BCUT2D eigenvalue weighted by atomic mass is 9.94. The highest BCUT2D eigenvalue weighted by Crippen LogP contribution is 2.49. The van der Waals surface area contributed by atoms with Gasteiger partial charge < -0.3 is 24.8 Å². The minimum atomic E-state index is -0.510. The van der Waals surface area contributed by atoms with Gasteiger partial charge in [0.1, 0.15) is 5.82 Å². The molecule has 0 fully saturated rings. The highest BCUT2D eigenvalue weighted by Gasteiger charge is 2.32. The fourth-order valence-electron chi connectivity index (χ4n) is 2.84. The number of halogens is 1. The molecule has 0 saturated heterocycles. The molecule has 0 aliphatic carbocycles. The molecule has 1 heterocycles. The zero-order chi connectivity index (χ0) is 17.3. The number of hydrogen-bond donors (Lipinski definition) is 2. The highest BCUT2D eigenvalue weighted by atomic mass is 19.1. The standard InChI is InChI=1S/C17H17FN2O4/c1-22-12-8-11-13(16(24-3)15(12)23-2)14(20-17(21)19-11)9-4-6-10(18)7-5-9/h4-8,14H,1-3H3,(H2,19,20,21). The normalized spacial score (nSPS) is 15.8. The van der Waals surface area contributed by atoms with Crippen molar-refractivity contribution in [2.45, 2.75) is 6.04 Å². The van der Waals surface area contributed by atoms with Crippen molar-refractivity contribution in [1.82, 2.24) is 5.32 Å². The molecule has 126 valence electrons. The van der Waals surface area contributed by atoms with Crippen LogP contribution < -0.4 is 24.8 Å². The van der Waals surface area contributed by atoms with Crippen molar-refractivity contribution in [1.29, 1.82) is 0 Å². The molecule has 0 radical (unpaired) electrons. The molecule has 7 heteroatoms. The Morgan fingerprint density at radius 3 is 2.25 bits per heavy atom. The van der Waals surface area contributed by atoms with Crippen LogP contribution in [0.4, 0.5) is 14.9 Å². The Kier molecular flexibility index (Phi) is 4.16. The molecular formula is C17H17FN2O4. The molecule has 2 amide bonds. The first kappa shape index (κ1) is 15.9. The van der Waals surface area contributed by atoms with Crippen LogP contribution >= 0.6 is 0 Å². The van der Waals surface area contributed by atoms with Crippen molar-refractivity contribution in [3.05, 3.63) is 47.3 Å². The van der Waals surface area contributed by atoms with E-state index in [0.717, 1.165) is 5.56 Å². The third-order valence-electron chi connectivity index (χ3n) is 3.88. The highest BCUT2D eigenvalue weighted by molar-refractivity contribution is 5.95. The molecule has 0 aromatic heterocycles. The molecule has 0 bridgehead atoms. The smallest absolute Gasteiger partial charge is 0.320 e. The van der Waals surface area contributed by atoms with Crippen molar-refractivity contribution in [3.8, 4) is 17.2 Å². The molecule has 2 aromatic carbocycles. The van der Waals surface area contributed by atoms with Crippen LogP contribution in [0.15, 0.2) is 30.3 Å². The number of anilines is 1. The fourth-order valence-corrected chi connectivity index (χ4v) is 2.84. The van der Waals surface area contributed by atoms with Crippen LogP contribution in [0.3, 0.4) is 0 Å². The number of ether oxygens (including phenoxy) is 3. The maximum atomic E-state index is 13.2. The summed E-state index contributed by atoms with van der Waals surface area (Å²) in [6.45, 7) is 0. The van der Waals surface area contributed by atoms with Crippen LogP contribution in [-0.4, -0.2) is 27.4 Å². The Hall–Kier alpha value is -2.96. The van der Waals surface area contributed by atoms with Crippen LogP contribution in [0, 0.1) is 5.82 Å². The van der Waals surface area contributed by atoms with E-state index >= 15 is 0 Å². The molecule has 2 aromatic rings. The molecule has 2 N–H and O–H groups in total. The molecule has 6 nitrogen and oxygen atoms in total. The van der Waals surface area contributed by atoms with E-state index in [4.69, 9.17) is 14.2 Å². The van der Waals surface area contributed by atoms with Crippen LogP contribution in [0.1, 0.15) is 17.2 Å². The Morgan fingerprint density at radius 2 is 1.67 bits per heavy atom. The van der Waals surface area contributed by atoms with Gasteiger partial charge in [0.05, 0.1) is 33.1 Å². The van der Waals surface area contributed by atoms with Crippen LogP contribution in [0.25, 0.3) is 0 Å². The first-order valence-corrected chi connectivity index (χ1v) is 7.24. The van der Waals surface area contributed by atoms with E-state index in [-0.39, 0.29) is 11.8 Å². The Morgan fingerprint density at radius 1 is 1.00 bits per heavy atom. The summed E-state index contributed by atoms with van der Waals surface area (Å²) in [5.74, 6) is 0.948. The first-order valence-electron chi connectivity index (χ1n) is 7.24. The Labute approximate surface area is 138 Å². The van der Waals surface area contributed by atoms with Gasteiger partial charge in [0.2, 0.25) is 5.75 Å². The fraction of sp³-hybridized carbons (Fsp3) is 0.235. The van der Waals surface area contributed by atoms with Crippen LogP contribution in [0.5, 0.6) is 17.2 Å². The number of benzene rings is 2. The number of nitrogens with one attached hydrogen (secondary N) is 2. The minimum Gasteiger partial charge on any atom is -0.493 e. The molecule has 0 spiro atoms. The molecule has 3 rings (SSSR count). The van der Waals surface area contributed by atoms with Gasteiger partial charge in [-0.15, -0.1) is 0 Å². The minimum absolute atomic E-state index is 0.349. The summed E-state index contributed by atoms with van der Waals surface area (Å²) in [5.41, 5.74) is 1.95. The number of urea groups is 1. The summed E-state index contributed by atoms with van der Waals surface area (Å²) in [6.07, 6.45) is 0. The summed E-state index contributed by atoms with van der Waals surface area (Å²) in [7, 11) is 4.52. The first-order chi connectivity index (χ1) is 11.6. The van der Waals surface area contributed by atoms with Gasteiger partial charge >= 0.3 is 6.03 Å². The lowest BCUT2D eigenvalue weighted by molar-refractivity contribution is 0.248. The van der Waals surface area contributed by atoms with E-state index in [2.05, 4.69) is 10.6 Å². The zero-order valence-electron chi connectivity index (χ0n) is 13.5. The van der Waals surface area contributed by atoms with Crippen molar-refractivity contribution in [2.75, 3.05) is 26.6 Å². The number of methoxy groups -OCH3 is 3. The molecule has 1 atom stereocenters. The second-order valence-corrected chi connectivity index (χ2v) is 5.19. The van der Waals surface area contributed by atoms with E-state index in [1.54, 1.807) is 18.2 Å². The molecular weight excluding hydrogens is 315 g/mol. The van der Waals surface area contributed by atoms with Gasteiger partial charge in [0.25, 0.3) is 0 Å². The Bertz CT molecular complexity index is 777. The third kappa shape index (κ3) is 2.58. The maximum Gasteiger partial charge on any atom is 0.320 e. The quantitative estimate of drug-likeness (QED) is 0.903. The van der Waals surface area contributed by atoms with E-state index < -0.39 is 6.04 Å². The van der Waals surface area contributed by atoms with E-state index in [0.29, 0.717) is 28.5 Å². The number of amides is 2. The summed E-state index contributed by atoms with van der Waals surface area (Å²) in [4.78, 5) is 12.0. The van der Waals surface area contributed by atoms with Crippen molar-refractivity contribution in [2.24, 2.45) is 0 Å². The zero-order valence-corrected chi connectivity index (χ0v) is 13.5. The second-order valence-electron chi connectivity index (χ2n) is 5.19. The lowest BCUT2D eigenvalue weighted by Gasteiger charge is -2.30. The number of rotatable bonds is 4. The van der Waals surface area contributed by atoms with E-state index in [1.165, 1.54) is 33.5 Å². The molecule has 0 saturated carbocycles. The average Bonchev–Trinajstić information content (AvgIpc) is 2.59. The van der Waals surface area contributed by atoms with Gasteiger partial charge in [0, 0.05) is 11.6 Å². The van der Waals surface area contributed by atoms with E-state index in [9.17, 15) is 9.18 Å². The topological polar surface area (TPSA) is 68.8 Å². The maximum absolute atomic E-state index is 13.2.